The van der Waals surface area contributed by atoms with Crippen LogP contribution in [0.25, 0.3) is 33.8 Å². The van der Waals surface area contributed by atoms with E-state index in [4.69, 9.17) is 5.11 Å². The molecule has 0 saturated heterocycles. The Morgan fingerprint density at radius 1 is 1.00 bits per heavy atom. The Hall–Kier alpha value is -4.78. The SMILES string of the molecule is O=C(O)C=Cc1ccc(C(=C(c2cccc(-n3cccn3)c2)C2CCC2)c2ccc3[nH]nc(F)c3c2)cc1. The van der Waals surface area contributed by atoms with Crippen molar-refractivity contribution in [3.8, 4) is 5.69 Å². The number of halogens is 1. The molecule has 5 aromatic rings. The Labute approximate surface area is 218 Å². The van der Waals surface area contributed by atoms with Gasteiger partial charge in [-0.2, -0.15) is 9.49 Å². The summed E-state index contributed by atoms with van der Waals surface area (Å²) in [5.41, 5.74) is 7.62. The number of carboxylic acids is 1. The molecule has 0 atom stereocenters. The highest BCUT2D eigenvalue weighted by atomic mass is 19.1. The predicted molar refractivity (Wildman–Crippen MR) is 146 cm³/mol. The van der Waals surface area contributed by atoms with E-state index in [1.807, 2.05) is 71.5 Å². The zero-order chi connectivity index (χ0) is 26.1. The third kappa shape index (κ3) is 4.54. The Bertz CT molecular complexity index is 1680. The van der Waals surface area contributed by atoms with Crippen LogP contribution in [0, 0.1) is 11.9 Å². The number of carbonyl (C=O) groups is 1. The van der Waals surface area contributed by atoms with Gasteiger partial charge in [0.05, 0.1) is 16.6 Å². The van der Waals surface area contributed by atoms with Gasteiger partial charge in [0.1, 0.15) is 0 Å². The summed E-state index contributed by atoms with van der Waals surface area (Å²) < 4.78 is 16.4. The number of rotatable bonds is 7. The molecule has 1 aliphatic carbocycles. The Morgan fingerprint density at radius 3 is 2.53 bits per heavy atom. The van der Waals surface area contributed by atoms with E-state index in [0.29, 0.717) is 16.8 Å². The highest BCUT2D eigenvalue weighted by Gasteiger charge is 2.28. The van der Waals surface area contributed by atoms with E-state index in [1.165, 1.54) is 5.57 Å². The van der Waals surface area contributed by atoms with Crippen molar-refractivity contribution in [1.82, 2.24) is 20.0 Å². The second-order valence-electron chi connectivity index (χ2n) is 9.49. The first-order chi connectivity index (χ1) is 18.6. The minimum absolute atomic E-state index is 0.356. The van der Waals surface area contributed by atoms with Gasteiger partial charge in [0.25, 0.3) is 0 Å². The normalized spacial score (nSPS) is 14.6. The van der Waals surface area contributed by atoms with Crippen molar-refractivity contribution in [3.63, 3.8) is 0 Å². The maximum Gasteiger partial charge on any atom is 0.328 e. The number of aromatic nitrogens is 4. The van der Waals surface area contributed by atoms with E-state index < -0.39 is 11.9 Å². The lowest BCUT2D eigenvalue weighted by molar-refractivity contribution is -0.131. The number of benzene rings is 3. The minimum atomic E-state index is -0.991. The fourth-order valence-electron chi connectivity index (χ4n) is 5.06. The molecular weight excluding hydrogens is 479 g/mol. The average molecular weight is 505 g/mol. The van der Waals surface area contributed by atoms with Crippen LogP contribution in [0.2, 0.25) is 0 Å². The quantitative estimate of drug-likeness (QED) is 0.190. The summed E-state index contributed by atoms with van der Waals surface area (Å²) in [6.45, 7) is 0. The summed E-state index contributed by atoms with van der Waals surface area (Å²) in [7, 11) is 0. The average Bonchev–Trinajstić information content (AvgIpc) is 3.57. The van der Waals surface area contributed by atoms with E-state index in [-0.39, 0.29) is 0 Å². The van der Waals surface area contributed by atoms with Crippen LogP contribution in [0.4, 0.5) is 4.39 Å². The van der Waals surface area contributed by atoms with E-state index >= 15 is 0 Å². The van der Waals surface area contributed by atoms with Gasteiger partial charge in [-0.3, -0.25) is 5.10 Å². The van der Waals surface area contributed by atoms with Crippen LogP contribution in [0.3, 0.4) is 0 Å². The summed E-state index contributed by atoms with van der Waals surface area (Å²) in [4.78, 5) is 11.0. The maximum atomic E-state index is 14.5. The molecule has 7 heteroatoms. The van der Waals surface area contributed by atoms with Crippen molar-refractivity contribution in [3.05, 3.63) is 119 Å². The number of nitrogens with one attached hydrogen (secondary N) is 1. The summed E-state index contributed by atoms with van der Waals surface area (Å²) in [6, 6.07) is 23.8. The van der Waals surface area contributed by atoms with E-state index in [9.17, 15) is 9.18 Å². The number of H-pyrrole nitrogens is 1. The number of nitrogens with zero attached hydrogens (tertiary/aromatic N) is 3. The van der Waals surface area contributed by atoms with Gasteiger partial charge in [-0.05, 0) is 88.6 Å². The molecule has 6 nitrogen and oxygen atoms in total. The molecule has 0 unspecified atom stereocenters. The van der Waals surface area contributed by atoms with Crippen molar-refractivity contribution in [1.29, 1.82) is 0 Å². The Kier molecular flexibility index (Phi) is 6.17. The molecule has 1 fully saturated rings. The van der Waals surface area contributed by atoms with Crippen molar-refractivity contribution < 1.29 is 14.3 Å². The molecule has 0 radical (unpaired) electrons. The molecular formula is C31H25FN4O2. The van der Waals surface area contributed by atoms with Gasteiger partial charge >= 0.3 is 5.97 Å². The maximum absolute atomic E-state index is 14.5. The second kappa shape index (κ2) is 9.94. The second-order valence-corrected chi connectivity index (χ2v) is 9.49. The van der Waals surface area contributed by atoms with Crippen molar-refractivity contribution >= 4 is 34.1 Å². The van der Waals surface area contributed by atoms with Crippen molar-refractivity contribution in [2.75, 3.05) is 0 Å². The van der Waals surface area contributed by atoms with Gasteiger partial charge in [0.2, 0.25) is 5.95 Å². The topological polar surface area (TPSA) is 83.8 Å². The van der Waals surface area contributed by atoms with Gasteiger partial charge < -0.3 is 5.11 Å². The number of carboxylic acid groups (broad SMARTS) is 1. The molecule has 1 saturated carbocycles. The van der Waals surface area contributed by atoms with Gasteiger partial charge in [-0.15, -0.1) is 5.10 Å². The molecule has 3 aromatic carbocycles. The summed E-state index contributed by atoms with van der Waals surface area (Å²) in [6.07, 6.45) is 9.69. The smallest absolute Gasteiger partial charge is 0.328 e. The van der Waals surface area contributed by atoms with Crippen LogP contribution in [-0.2, 0) is 4.79 Å². The minimum Gasteiger partial charge on any atom is -0.478 e. The highest BCUT2D eigenvalue weighted by molar-refractivity contribution is 6.01. The largest absolute Gasteiger partial charge is 0.478 e. The zero-order valence-electron chi connectivity index (χ0n) is 20.5. The molecule has 0 amide bonds. The molecule has 6 rings (SSSR count). The summed E-state index contributed by atoms with van der Waals surface area (Å²) >= 11 is 0. The fourth-order valence-corrected chi connectivity index (χ4v) is 5.06. The number of fused-ring (bicyclic) bond motifs is 1. The Balaban J connectivity index is 1.58. The first kappa shape index (κ1) is 23.6. The van der Waals surface area contributed by atoms with Crippen LogP contribution in [-0.4, -0.2) is 31.1 Å². The number of allylic oxidation sites excluding steroid dienone is 1. The van der Waals surface area contributed by atoms with Crippen LogP contribution < -0.4 is 0 Å². The van der Waals surface area contributed by atoms with Gasteiger partial charge in [0, 0.05) is 18.5 Å². The van der Waals surface area contributed by atoms with Crippen molar-refractivity contribution in [2.24, 2.45) is 5.92 Å². The lowest BCUT2D eigenvalue weighted by Crippen LogP contribution is -2.15. The highest BCUT2D eigenvalue weighted by Crippen LogP contribution is 2.45. The third-order valence-corrected chi connectivity index (χ3v) is 7.13. The number of aromatic amines is 1. The number of aliphatic carboxylic acids is 1. The molecule has 2 heterocycles. The standard InChI is InChI=1S/C31H25FN4O2/c32-31-26-19-24(13-14-27(26)34-35-31)30(22-11-8-20(9-12-22)10-15-28(37)38)29(21-4-1-5-21)23-6-2-7-25(18-23)36-17-3-16-33-36/h2-3,6-19,21H,1,4-5H2,(H,34,35)(H,37,38). The van der Waals surface area contributed by atoms with Gasteiger partial charge in [-0.25, -0.2) is 9.48 Å². The lowest BCUT2D eigenvalue weighted by Gasteiger charge is -2.32. The predicted octanol–water partition coefficient (Wildman–Crippen LogP) is 6.74. The van der Waals surface area contributed by atoms with E-state index in [0.717, 1.165) is 58.9 Å². The Morgan fingerprint density at radius 2 is 1.82 bits per heavy atom. The molecule has 0 bridgehead atoms. The van der Waals surface area contributed by atoms with Crippen molar-refractivity contribution in [2.45, 2.75) is 19.3 Å². The van der Waals surface area contributed by atoms with Crippen LogP contribution >= 0.6 is 0 Å². The molecule has 0 spiro atoms. The molecule has 1 aliphatic rings. The molecule has 2 aromatic heterocycles. The lowest BCUT2D eigenvalue weighted by atomic mass is 9.73. The van der Waals surface area contributed by atoms with Gasteiger partial charge in [0.15, 0.2) is 0 Å². The van der Waals surface area contributed by atoms with Crippen LogP contribution in [0.1, 0.15) is 41.5 Å². The van der Waals surface area contributed by atoms with E-state index in [1.54, 1.807) is 12.3 Å². The first-order valence-corrected chi connectivity index (χ1v) is 12.6. The number of hydrogen-bond donors (Lipinski definition) is 2. The number of hydrogen-bond acceptors (Lipinski definition) is 3. The molecule has 38 heavy (non-hydrogen) atoms. The summed E-state index contributed by atoms with van der Waals surface area (Å²) in [5, 5.41) is 20.3. The van der Waals surface area contributed by atoms with Crippen LogP contribution in [0.5, 0.6) is 0 Å². The summed E-state index contributed by atoms with van der Waals surface area (Å²) in [5.74, 6) is -1.16. The molecule has 188 valence electrons. The zero-order valence-corrected chi connectivity index (χ0v) is 20.5. The van der Waals surface area contributed by atoms with E-state index in [2.05, 4.69) is 27.4 Å². The molecule has 0 aliphatic heterocycles. The third-order valence-electron chi connectivity index (χ3n) is 7.13. The van der Waals surface area contributed by atoms with Gasteiger partial charge in [-0.1, -0.05) is 48.9 Å². The molecule has 2 N–H and O–H groups in total. The first-order valence-electron chi connectivity index (χ1n) is 12.6. The van der Waals surface area contributed by atoms with Crippen LogP contribution in [0.15, 0.2) is 91.3 Å². The monoisotopic (exact) mass is 504 g/mol. The fraction of sp³-hybridized carbons (Fsp3) is 0.129.